The van der Waals surface area contributed by atoms with Crippen molar-refractivity contribution < 1.29 is 4.79 Å². The topological polar surface area (TPSA) is 34.9 Å². The van der Waals surface area contributed by atoms with Crippen LogP contribution in [0.1, 0.15) is 30.6 Å². The summed E-state index contributed by atoms with van der Waals surface area (Å²) in [4.78, 5) is 11.2. The predicted molar refractivity (Wildman–Crippen MR) is 80.2 cm³/mol. The summed E-state index contributed by atoms with van der Waals surface area (Å²) in [5.74, 6) is 0.623. The molecule has 100 valence electrons. The molecule has 0 fully saturated rings. The van der Waals surface area contributed by atoms with Crippen LogP contribution in [0.3, 0.4) is 0 Å². The van der Waals surface area contributed by atoms with E-state index in [0.29, 0.717) is 11.5 Å². The van der Waals surface area contributed by atoms with Crippen LogP contribution in [0.4, 0.5) is 0 Å². The number of rotatable bonds is 5. The van der Waals surface area contributed by atoms with Gasteiger partial charge >= 0.3 is 0 Å². The second-order valence-electron chi connectivity index (χ2n) is 5.01. The molecule has 0 aliphatic heterocycles. The van der Waals surface area contributed by atoms with Crippen molar-refractivity contribution in [2.45, 2.75) is 26.8 Å². The molecule has 1 aromatic carbocycles. The summed E-state index contributed by atoms with van der Waals surface area (Å²) in [7, 11) is 0. The maximum Gasteiger partial charge on any atom is 0.153 e. The number of hydrogen-bond acceptors (Lipinski definition) is 2. The zero-order chi connectivity index (χ0) is 13.8. The van der Waals surface area contributed by atoms with E-state index in [-0.39, 0.29) is 0 Å². The lowest BCUT2D eigenvalue weighted by molar-refractivity contribution is 0.112. The van der Waals surface area contributed by atoms with Gasteiger partial charge in [-0.25, -0.2) is 0 Å². The van der Waals surface area contributed by atoms with Crippen molar-refractivity contribution >= 4 is 22.2 Å². The Morgan fingerprint density at radius 3 is 2.84 bits per heavy atom. The van der Waals surface area contributed by atoms with E-state index in [0.717, 1.165) is 35.0 Å². The third-order valence-corrected chi connectivity index (χ3v) is 3.44. The highest BCUT2D eigenvalue weighted by Crippen LogP contribution is 2.24. The molecule has 1 heterocycles. The first-order chi connectivity index (χ1) is 9.10. The van der Waals surface area contributed by atoms with Crippen molar-refractivity contribution in [1.29, 1.82) is 0 Å². The molecule has 3 nitrogen and oxygen atoms in total. The molecular formula is C15H17BrN2O. The molecule has 0 N–H and O–H groups in total. The van der Waals surface area contributed by atoms with Gasteiger partial charge < -0.3 is 0 Å². The van der Waals surface area contributed by atoms with Gasteiger partial charge in [0, 0.05) is 22.8 Å². The maximum atomic E-state index is 11.2. The lowest BCUT2D eigenvalue weighted by Crippen LogP contribution is -2.02. The van der Waals surface area contributed by atoms with Crippen LogP contribution < -0.4 is 0 Å². The smallest absolute Gasteiger partial charge is 0.153 e. The van der Waals surface area contributed by atoms with E-state index < -0.39 is 0 Å². The van der Waals surface area contributed by atoms with Gasteiger partial charge in [-0.2, -0.15) is 5.10 Å². The molecule has 0 amide bonds. The Labute approximate surface area is 121 Å². The van der Waals surface area contributed by atoms with Crippen LogP contribution in [0, 0.1) is 5.92 Å². The van der Waals surface area contributed by atoms with E-state index in [1.807, 2.05) is 35.1 Å². The number of halogens is 1. The van der Waals surface area contributed by atoms with Gasteiger partial charge in [0.1, 0.15) is 5.69 Å². The van der Waals surface area contributed by atoms with Gasteiger partial charge in [0.05, 0.1) is 5.56 Å². The number of carbonyl (C=O) groups is 1. The Hall–Kier alpha value is -1.42. The van der Waals surface area contributed by atoms with Gasteiger partial charge in [0.15, 0.2) is 6.29 Å². The Kier molecular flexibility index (Phi) is 4.53. The number of hydrogen-bond donors (Lipinski definition) is 0. The first-order valence-corrected chi connectivity index (χ1v) is 7.18. The standard InChI is InChI=1S/C15H17BrN2O/c1-11(2)6-7-18-9-13(10-19)15(17-18)12-4-3-5-14(16)8-12/h3-5,8-11H,6-7H2,1-2H3. The molecule has 0 aliphatic carbocycles. The normalized spacial score (nSPS) is 10.9. The quantitative estimate of drug-likeness (QED) is 0.775. The molecule has 0 bridgehead atoms. The summed E-state index contributed by atoms with van der Waals surface area (Å²) < 4.78 is 2.85. The summed E-state index contributed by atoms with van der Waals surface area (Å²) in [6.45, 7) is 5.20. The molecule has 0 spiro atoms. The highest BCUT2D eigenvalue weighted by Gasteiger charge is 2.11. The minimum absolute atomic E-state index is 0.623. The van der Waals surface area contributed by atoms with Gasteiger partial charge in [0.25, 0.3) is 0 Å². The summed E-state index contributed by atoms with van der Waals surface area (Å²) in [6, 6.07) is 7.84. The minimum atomic E-state index is 0.623. The van der Waals surface area contributed by atoms with Crippen LogP contribution in [0.25, 0.3) is 11.3 Å². The monoisotopic (exact) mass is 320 g/mol. The van der Waals surface area contributed by atoms with E-state index in [4.69, 9.17) is 0 Å². The van der Waals surface area contributed by atoms with Gasteiger partial charge in [-0.15, -0.1) is 0 Å². The fourth-order valence-corrected chi connectivity index (χ4v) is 2.29. The van der Waals surface area contributed by atoms with E-state index in [9.17, 15) is 4.79 Å². The lowest BCUT2D eigenvalue weighted by Gasteiger charge is -2.04. The molecule has 0 unspecified atom stereocenters. The molecule has 1 aromatic heterocycles. The van der Waals surface area contributed by atoms with E-state index in [2.05, 4.69) is 34.9 Å². The van der Waals surface area contributed by atoms with Crippen LogP contribution >= 0.6 is 15.9 Å². The fourth-order valence-electron chi connectivity index (χ4n) is 1.89. The second kappa shape index (κ2) is 6.15. The second-order valence-corrected chi connectivity index (χ2v) is 5.92. The maximum absolute atomic E-state index is 11.2. The molecule has 0 saturated carbocycles. The lowest BCUT2D eigenvalue weighted by atomic mass is 10.1. The van der Waals surface area contributed by atoms with Crippen molar-refractivity contribution in [1.82, 2.24) is 9.78 Å². The van der Waals surface area contributed by atoms with Crippen LogP contribution in [0.2, 0.25) is 0 Å². The van der Waals surface area contributed by atoms with Crippen molar-refractivity contribution in [3.63, 3.8) is 0 Å². The molecule has 0 radical (unpaired) electrons. The van der Waals surface area contributed by atoms with E-state index in [1.165, 1.54) is 0 Å². The summed E-state index contributed by atoms with van der Waals surface area (Å²) in [5, 5.41) is 4.53. The largest absolute Gasteiger partial charge is 0.298 e. The Morgan fingerprint density at radius 2 is 2.21 bits per heavy atom. The number of nitrogens with zero attached hydrogens (tertiary/aromatic N) is 2. The molecule has 0 atom stereocenters. The third kappa shape index (κ3) is 3.53. The molecular weight excluding hydrogens is 304 g/mol. The van der Waals surface area contributed by atoms with Crippen LogP contribution in [-0.2, 0) is 6.54 Å². The average Bonchev–Trinajstić information content (AvgIpc) is 2.79. The summed E-state index contributed by atoms with van der Waals surface area (Å²) in [5.41, 5.74) is 2.35. The number of aryl methyl sites for hydroxylation is 1. The number of aldehydes is 1. The molecule has 0 saturated heterocycles. The van der Waals surface area contributed by atoms with E-state index in [1.54, 1.807) is 0 Å². The zero-order valence-electron chi connectivity index (χ0n) is 11.1. The first-order valence-electron chi connectivity index (χ1n) is 6.38. The van der Waals surface area contributed by atoms with E-state index >= 15 is 0 Å². The Balaban J connectivity index is 2.32. The number of benzene rings is 1. The van der Waals surface area contributed by atoms with Gasteiger partial charge in [0.2, 0.25) is 0 Å². The van der Waals surface area contributed by atoms with Crippen molar-refractivity contribution in [2.24, 2.45) is 5.92 Å². The number of carbonyl (C=O) groups excluding carboxylic acids is 1. The number of aromatic nitrogens is 2. The molecule has 4 heteroatoms. The fraction of sp³-hybridized carbons (Fsp3) is 0.333. The van der Waals surface area contributed by atoms with Crippen LogP contribution in [0.5, 0.6) is 0 Å². The molecule has 2 aromatic rings. The average molecular weight is 321 g/mol. The highest BCUT2D eigenvalue weighted by molar-refractivity contribution is 9.10. The highest BCUT2D eigenvalue weighted by atomic mass is 79.9. The van der Waals surface area contributed by atoms with Crippen molar-refractivity contribution in [2.75, 3.05) is 0 Å². The zero-order valence-corrected chi connectivity index (χ0v) is 12.7. The van der Waals surface area contributed by atoms with Gasteiger partial charge in [-0.1, -0.05) is 41.9 Å². The summed E-state index contributed by atoms with van der Waals surface area (Å²) >= 11 is 3.44. The van der Waals surface area contributed by atoms with Gasteiger partial charge in [-0.05, 0) is 24.5 Å². The van der Waals surface area contributed by atoms with Crippen molar-refractivity contribution in [3.05, 3.63) is 40.5 Å². The molecule has 0 aliphatic rings. The van der Waals surface area contributed by atoms with Crippen LogP contribution in [0.15, 0.2) is 34.9 Å². The third-order valence-electron chi connectivity index (χ3n) is 2.95. The van der Waals surface area contributed by atoms with Crippen LogP contribution in [-0.4, -0.2) is 16.1 Å². The first kappa shape index (κ1) is 14.0. The Bertz CT molecular complexity index is 575. The Morgan fingerprint density at radius 1 is 1.42 bits per heavy atom. The predicted octanol–water partition coefficient (Wildman–Crippen LogP) is 4.17. The minimum Gasteiger partial charge on any atom is -0.298 e. The van der Waals surface area contributed by atoms with Gasteiger partial charge in [-0.3, -0.25) is 9.48 Å². The van der Waals surface area contributed by atoms with Crippen molar-refractivity contribution in [3.8, 4) is 11.3 Å². The summed E-state index contributed by atoms with van der Waals surface area (Å²) in [6.07, 6.45) is 3.75. The SMILES string of the molecule is CC(C)CCn1cc(C=O)c(-c2cccc(Br)c2)n1. The molecule has 19 heavy (non-hydrogen) atoms. The molecule has 2 rings (SSSR count).